The van der Waals surface area contributed by atoms with Gasteiger partial charge in [-0.2, -0.15) is 0 Å². The molecule has 8 heteroatoms. The van der Waals surface area contributed by atoms with Crippen LogP contribution >= 0.6 is 23.7 Å². The standard InChI is InChI=1S/C18H26N4O2S.ClH/c1-10-6-7-22(13(8-10)9-19)15(23)5-4-14-20-17(24)16-11(2)12(3)25-18(16)21-14;/h10,13H,4-9,19H2,1-3H3,(H,20,21,24);1H. The van der Waals surface area contributed by atoms with Crippen molar-refractivity contribution >= 4 is 39.9 Å². The Morgan fingerprint density at radius 1 is 1.42 bits per heavy atom. The van der Waals surface area contributed by atoms with E-state index in [-0.39, 0.29) is 29.9 Å². The number of halogens is 1. The van der Waals surface area contributed by atoms with Crippen LogP contribution in [0.3, 0.4) is 0 Å². The Balaban J connectivity index is 0.00000243. The van der Waals surface area contributed by atoms with Crippen LogP contribution in [-0.2, 0) is 11.2 Å². The second-order valence-electron chi connectivity index (χ2n) is 7.08. The molecule has 0 aliphatic carbocycles. The van der Waals surface area contributed by atoms with E-state index in [2.05, 4.69) is 16.9 Å². The highest BCUT2D eigenvalue weighted by molar-refractivity contribution is 7.18. The summed E-state index contributed by atoms with van der Waals surface area (Å²) in [5.74, 6) is 1.30. The third kappa shape index (κ3) is 4.10. The zero-order chi connectivity index (χ0) is 18.1. The molecule has 0 radical (unpaired) electrons. The number of likely N-dealkylation sites (tertiary alicyclic amines) is 1. The fourth-order valence-electron chi connectivity index (χ4n) is 3.59. The first-order valence-corrected chi connectivity index (χ1v) is 9.70. The molecule has 2 atom stereocenters. The van der Waals surface area contributed by atoms with Crippen molar-refractivity contribution in [2.45, 2.75) is 52.5 Å². The molecule has 0 spiro atoms. The molecule has 3 N–H and O–H groups in total. The molecule has 3 rings (SSSR count). The highest BCUT2D eigenvalue weighted by atomic mass is 35.5. The Morgan fingerprint density at radius 3 is 2.85 bits per heavy atom. The normalized spacial score (nSPS) is 20.2. The third-order valence-electron chi connectivity index (χ3n) is 5.23. The van der Waals surface area contributed by atoms with Crippen molar-refractivity contribution in [2.24, 2.45) is 11.7 Å². The van der Waals surface area contributed by atoms with E-state index in [0.29, 0.717) is 36.5 Å². The summed E-state index contributed by atoms with van der Waals surface area (Å²) in [4.78, 5) is 36.1. The highest BCUT2D eigenvalue weighted by Gasteiger charge is 2.28. The van der Waals surface area contributed by atoms with Gasteiger partial charge in [-0.3, -0.25) is 9.59 Å². The Labute approximate surface area is 163 Å². The fourth-order valence-corrected chi connectivity index (χ4v) is 4.64. The van der Waals surface area contributed by atoms with Crippen LogP contribution in [0.4, 0.5) is 0 Å². The number of rotatable bonds is 4. The Bertz CT molecular complexity index is 848. The van der Waals surface area contributed by atoms with Gasteiger partial charge in [0.2, 0.25) is 5.91 Å². The summed E-state index contributed by atoms with van der Waals surface area (Å²) in [5.41, 5.74) is 6.73. The molecule has 6 nitrogen and oxygen atoms in total. The number of aryl methyl sites for hydroxylation is 3. The Kier molecular flexibility index (Phi) is 6.82. The van der Waals surface area contributed by atoms with Gasteiger partial charge < -0.3 is 15.6 Å². The first-order chi connectivity index (χ1) is 11.9. The number of aromatic nitrogens is 2. The average molecular weight is 399 g/mol. The largest absolute Gasteiger partial charge is 0.338 e. The minimum atomic E-state index is -0.110. The molecule has 144 valence electrons. The molecule has 1 saturated heterocycles. The molecule has 1 fully saturated rings. The third-order valence-corrected chi connectivity index (χ3v) is 6.34. The minimum Gasteiger partial charge on any atom is -0.338 e. The van der Waals surface area contributed by atoms with Crippen molar-refractivity contribution in [3.05, 3.63) is 26.6 Å². The molecular weight excluding hydrogens is 372 g/mol. The number of hydrogen-bond donors (Lipinski definition) is 2. The summed E-state index contributed by atoms with van der Waals surface area (Å²) < 4.78 is 0. The van der Waals surface area contributed by atoms with Crippen LogP contribution < -0.4 is 11.3 Å². The first-order valence-electron chi connectivity index (χ1n) is 8.89. The van der Waals surface area contributed by atoms with Crippen LogP contribution in [0.15, 0.2) is 4.79 Å². The number of nitrogens with zero attached hydrogens (tertiary/aromatic N) is 2. The van der Waals surface area contributed by atoms with Gasteiger partial charge in [0.05, 0.1) is 5.39 Å². The van der Waals surface area contributed by atoms with Crippen LogP contribution in [0.2, 0.25) is 0 Å². The van der Waals surface area contributed by atoms with Crippen LogP contribution in [-0.4, -0.2) is 39.9 Å². The average Bonchev–Trinajstić information content (AvgIpc) is 2.87. The van der Waals surface area contributed by atoms with Gasteiger partial charge in [-0.25, -0.2) is 4.98 Å². The number of piperidine rings is 1. The lowest BCUT2D eigenvalue weighted by atomic mass is 9.92. The van der Waals surface area contributed by atoms with Gasteiger partial charge in [0.15, 0.2) is 0 Å². The predicted octanol–water partition coefficient (Wildman–Crippen LogP) is 2.54. The molecule has 1 aliphatic rings. The van der Waals surface area contributed by atoms with E-state index >= 15 is 0 Å². The molecule has 1 aliphatic heterocycles. The summed E-state index contributed by atoms with van der Waals surface area (Å²) in [5, 5.41) is 0.672. The van der Waals surface area contributed by atoms with Crippen molar-refractivity contribution in [3.63, 3.8) is 0 Å². The Hall–Kier alpha value is -1.44. The summed E-state index contributed by atoms with van der Waals surface area (Å²) in [7, 11) is 0. The molecule has 0 bridgehead atoms. The van der Waals surface area contributed by atoms with Gasteiger partial charge in [-0.05, 0) is 38.2 Å². The van der Waals surface area contributed by atoms with Crippen LogP contribution in [0, 0.1) is 19.8 Å². The quantitative estimate of drug-likeness (QED) is 0.827. The zero-order valence-electron chi connectivity index (χ0n) is 15.5. The van der Waals surface area contributed by atoms with E-state index < -0.39 is 0 Å². The number of nitrogens with one attached hydrogen (secondary N) is 1. The smallest absolute Gasteiger partial charge is 0.259 e. The van der Waals surface area contributed by atoms with Gasteiger partial charge in [-0.1, -0.05) is 6.92 Å². The van der Waals surface area contributed by atoms with E-state index in [1.807, 2.05) is 18.7 Å². The molecular formula is C18H27ClN4O2S. The zero-order valence-corrected chi connectivity index (χ0v) is 17.1. The van der Waals surface area contributed by atoms with Crippen molar-refractivity contribution in [3.8, 4) is 0 Å². The predicted molar refractivity (Wildman–Crippen MR) is 108 cm³/mol. The highest BCUT2D eigenvalue weighted by Crippen LogP contribution is 2.26. The topological polar surface area (TPSA) is 92.1 Å². The van der Waals surface area contributed by atoms with Crippen molar-refractivity contribution < 1.29 is 4.79 Å². The van der Waals surface area contributed by atoms with Gasteiger partial charge in [0, 0.05) is 36.9 Å². The number of hydrogen-bond acceptors (Lipinski definition) is 5. The van der Waals surface area contributed by atoms with E-state index in [0.717, 1.165) is 34.7 Å². The molecule has 26 heavy (non-hydrogen) atoms. The number of carbonyl (C=O) groups excluding carboxylic acids is 1. The van der Waals surface area contributed by atoms with Gasteiger partial charge in [0.25, 0.3) is 5.56 Å². The lowest BCUT2D eigenvalue weighted by Crippen LogP contribution is -2.49. The minimum absolute atomic E-state index is 0. The SMILES string of the molecule is Cc1sc2nc(CCC(=O)N3CCC(C)CC3CN)[nH]c(=O)c2c1C.Cl. The first kappa shape index (κ1) is 20.9. The van der Waals surface area contributed by atoms with E-state index in [1.54, 1.807) is 0 Å². The molecule has 1 amide bonds. The van der Waals surface area contributed by atoms with Crippen LogP contribution in [0.5, 0.6) is 0 Å². The number of aromatic amines is 1. The summed E-state index contributed by atoms with van der Waals surface area (Å²) in [6.07, 6.45) is 2.79. The molecule has 3 heterocycles. The van der Waals surface area contributed by atoms with Crippen molar-refractivity contribution in [2.75, 3.05) is 13.1 Å². The molecule has 2 aromatic heterocycles. The molecule has 0 aromatic carbocycles. The molecule has 2 unspecified atom stereocenters. The van der Waals surface area contributed by atoms with E-state index in [1.165, 1.54) is 11.3 Å². The molecule has 2 aromatic rings. The van der Waals surface area contributed by atoms with E-state index in [4.69, 9.17) is 5.73 Å². The van der Waals surface area contributed by atoms with Crippen molar-refractivity contribution in [1.29, 1.82) is 0 Å². The maximum Gasteiger partial charge on any atom is 0.259 e. The number of fused-ring (bicyclic) bond motifs is 1. The van der Waals surface area contributed by atoms with Crippen LogP contribution in [0.1, 0.15) is 42.5 Å². The number of nitrogens with two attached hydrogens (primary N) is 1. The monoisotopic (exact) mass is 398 g/mol. The number of amides is 1. The molecule has 0 saturated carbocycles. The Morgan fingerprint density at radius 2 is 2.15 bits per heavy atom. The van der Waals surface area contributed by atoms with E-state index in [9.17, 15) is 9.59 Å². The fraction of sp³-hybridized carbons (Fsp3) is 0.611. The lowest BCUT2D eigenvalue weighted by Gasteiger charge is -2.38. The second kappa shape index (κ2) is 8.50. The summed E-state index contributed by atoms with van der Waals surface area (Å²) in [6, 6.07) is 0.133. The van der Waals surface area contributed by atoms with Gasteiger partial charge >= 0.3 is 0 Å². The maximum atomic E-state index is 12.6. The second-order valence-corrected chi connectivity index (χ2v) is 8.29. The van der Waals surface area contributed by atoms with Crippen molar-refractivity contribution in [1.82, 2.24) is 14.9 Å². The lowest BCUT2D eigenvalue weighted by molar-refractivity contribution is -0.135. The number of thiophene rings is 1. The number of carbonyl (C=O) groups is 1. The summed E-state index contributed by atoms with van der Waals surface area (Å²) in [6.45, 7) is 7.42. The summed E-state index contributed by atoms with van der Waals surface area (Å²) >= 11 is 1.53. The number of H-pyrrole nitrogens is 1. The van der Waals surface area contributed by atoms with Gasteiger partial charge in [0.1, 0.15) is 10.7 Å². The van der Waals surface area contributed by atoms with Crippen LogP contribution in [0.25, 0.3) is 10.2 Å². The maximum absolute atomic E-state index is 12.6. The van der Waals surface area contributed by atoms with Gasteiger partial charge in [-0.15, -0.1) is 23.7 Å².